The summed E-state index contributed by atoms with van der Waals surface area (Å²) in [5, 5.41) is 20.4. The van der Waals surface area contributed by atoms with Crippen LogP contribution in [-0.2, 0) is 21.0 Å². The molecule has 33 heavy (non-hydrogen) atoms. The molecule has 0 radical (unpaired) electrons. The Kier molecular flexibility index (Phi) is 7.72. The number of amides is 1. The van der Waals surface area contributed by atoms with Crippen LogP contribution in [0.25, 0.3) is 10.8 Å². The molecule has 0 atom stereocenters. The summed E-state index contributed by atoms with van der Waals surface area (Å²) in [5.74, 6) is -3.20. The second kappa shape index (κ2) is 10.5. The van der Waals surface area contributed by atoms with Gasteiger partial charge in [0.1, 0.15) is 5.75 Å². The Balaban J connectivity index is 1.91. The molecule has 0 aliphatic rings. The molecule has 9 nitrogen and oxygen atoms in total. The van der Waals surface area contributed by atoms with Crippen molar-refractivity contribution in [2.45, 2.75) is 6.54 Å². The number of nitrogens with two attached hydrogens (primary N) is 1. The van der Waals surface area contributed by atoms with E-state index in [0.717, 1.165) is 10.6 Å². The van der Waals surface area contributed by atoms with E-state index in [1.54, 1.807) is 24.3 Å². The number of carbonyl (C=O) groups is 3. The predicted octanol–water partition coefficient (Wildman–Crippen LogP) is 3.73. The van der Waals surface area contributed by atoms with Crippen LogP contribution in [0.1, 0.15) is 15.9 Å². The molecule has 1 amide bonds. The molecular weight excluding hydrogens is 475 g/mol. The van der Waals surface area contributed by atoms with Crippen LogP contribution in [0.4, 0.5) is 5.69 Å². The van der Waals surface area contributed by atoms with Gasteiger partial charge in [-0.2, -0.15) is 5.06 Å². The van der Waals surface area contributed by atoms with E-state index >= 15 is 0 Å². The first-order chi connectivity index (χ1) is 15.7. The van der Waals surface area contributed by atoms with Crippen LogP contribution in [0.2, 0.25) is 10.0 Å². The van der Waals surface area contributed by atoms with Gasteiger partial charge < -0.3 is 20.7 Å². The van der Waals surface area contributed by atoms with Crippen molar-refractivity contribution in [2.75, 3.05) is 18.3 Å². The highest BCUT2D eigenvalue weighted by Crippen LogP contribution is 2.36. The molecule has 0 spiro atoms. The summed E-state index contributed by atoms with van der Waals surface area (Å²) in [5.41, 5.74) is 6.54. The van der Waals surface area contributed by atoms with E-state index in [1.165, 1.54) is 24.3 Å². The molecular formula is C22H18Cl2N2O7. The zero-order valence-corrected chi connectivity index (χ0v) is 18.5. The first-order valence-corrected chi connectivity index (χ1v) is 10.2. The third kappa shape index (κ3) is 5.91. The van der Waals surface area contributed by atoms with Crippen LogP contribution < -0.4 is 15.5 Å². The second-order valence-electron chi connectivity index (χ2n) is 6.78. The summed E-state index contributed by atoms with van der Waals surface area (Å²) in [7, 11) is 0. The predicted molar refractivity (Wildman–Crippen MR) is 122 cm³/mol. The maximum Gasteiger partial charge on any atom is 0.335 e. The Labute approximate surface area is 197 Å². The van der Waals surface area contributed by atoms with Crippen molar-refractivity contribution in [1.29, 1.82) is 0 Å². The Morgan fingerprint density at radius 2 is 1.67 bits per heavy atom. The Hall–Kier alpha value is -3.37. The number of carboxylic acids is 2. The van der Waals surface area contributed by atoms with Crippen molar-refractivity contribution in [3.63, 3.8) is 0 Å². The molecule has 0 aliphatic heterocycles. The summed E-state index contributed by atoms with van der Waals surface area (Å²) in [4.78, 5) is 40.5. The molecule has 0 saturated carbocycles. The van der Waals surface area contributed by atoms with E-state index in [-0.39, 0.29) is 28.6 Å². The maximum atomic E-state index is 12.9. The normalized spacial score (nSPS) is 10.8. The fraction of sp³-hybridized carbons (Fsp3) is 0.136. The number of hydrogen-bond acceptors (Lipinski definition) is 6. The van der Waals surface area contributed by atoms with E-state index in [2.05, 4.69) is 0 Å². The van der Waals surface area contributed by atoms with Crippen LogP contribution in [-0.4, -0.2) is 41.3 Å². The summed E-state index contributed by atoms with van der Waals surface area (Å²) >= 11 is 12.3. The largest absolute Gasteiger partial charge is 0.483 e. The average molecular weight is 493 g/mol. The number of carbonyl (C=O) groups excluding carboxylic acids is 1. The highest BCUT2D eigenvalue weighted by Gasteiger charge is 2.21. The quantitative estimate of drug-likeness (QED) is 0.383. The van der Waals surface area contributed by atoms with Crippen molar-refractivity contribution >= 4 is 57.5 Å². The first kappa shape index (κ1) is 24.3. The summed E-state index contributed by atoms with van der Waals surface area (Å²) in [6.45, 7) is -1.09. The number of hydroxylamine groups is 1. The number of rotatable bonds is 9. The van der Waals surface area contributed by atoms with Crippen molar-refractivity contribution in [2.24, 2.45) is 5.73 Å². The van der Waals surface area contributed by atoms with Gasteiger partial charge in [-0.25, -0.2) is 9.59 Å². The average Bonchev–Trinajstić information content (AvgIpc) is 2.77. The van der Waals surface area contributed by atoms with E-state index in [0.29, 0.717) is 15.8 Å². The van der Waals surface area contributed by atoms with Gasteiger partial charge in [0.2, 0.25) is 0 Å². The van der Waals surface area contributed by atoms with Crippen molar-refractivity contribution in [3.05, 3.63) is 69.7 Å². The van der Waals surface area contributed by atoms with Gasteiger partial charge in [-0.1, -0.05) is 35.3 Å². The number of ether oxygens (including phenoxy) is 1. The number of fused-ring (bicyclic) bond motifs is 1. The van der Waals surface area contributed by atoms with Crippen molar-refractivity contribution in [1.82, 2.24) is 0 Å². The fourth-order valence-corrected chi connectivity index (χ4v) is 3.61. The lowest BCUT2D eigenvalue weighted by molar-refractivity contribution is -0.145. The number of nitrogens with zero attached hydrogens (tertiary/aromatic N) is 1. The Morgan fingerprint density at radius 1 is 0.970 bits per heavy atom. The molecule has 4 N–H and O–H groups in total. The monoisotopic (exact) mass is 492 g/mol. The summed E-state index contributed by atoms with van der Waals surface area (Å²) < 4.78 is 5.62. The lowest BCUT2D eigenvalue weighted by Crippen LogP contribution is -2.36. The third-order valence-electron chi connectivity index (χ3n) is 4.48. The maximum absolute atomic E-state index is 12.9. The fourth-order valence-electron chi connectivity index (χ4n) is 3.00. The highest BCUT2D eigenvalue weighted by atomic mass is 35.5. The zero-order valence-electron chi connectivity index (χ0n) is 17.0. The van der Waals surface area contributed by atoms with Gasteiger partial charge in [0.25, 0.3) is 5.91 Å². The van der Waals surface area contributed by atoms with E-state index < -0.39 is 31.1 Å². The van der Waals surface area contributed by atoms with Gasteiger partial charge in [-0.15, -0.1) is 0 Å². The minimum absolute atomic E-state index is 0.0385. The minimum atomic E-state index is -1.28. The zero-order chi connectivity index (χ0) is 24.1. The topological polar surface area (TPSA) is 139 Å². The third-order valence-corrected chi connectivity index (χ3v) is 4.99. The van der Waals surface area contributed by atoms with E-state index in [9.17, 15) is 19.5 Å². The Bertz CT molecular complexity index is 1220. The van der Waals surface area contributed by atoms with Crippen LogP contribution in [0.15, 0.2) is 48.5 Å². The second-order valence-corrected chi connectivity index (χ2v) is 7.62. The van der Waals surface area contributed by atoms with E-state index in [4.69, 9.17) is 43.6 Å². The number of aliphatic carboxylic acids is 1. The van der Waals surface area contributed by atoms with Crippen LogP contribution in [0, 0.1) is 0 Å². The van der Waals surface area contributed by atoms with Gasteiger partial charge in [0.15, 0.2) is 13.2 Å². The molecule has 0 bridgehead atoms. The van der Waals surface area contributed by atoms with Gasteiger partial charge >= 0.3 is 11.9 Å². The molecule has 0 aliphatic carbocycles. The number of benzene rings is 3. The van der Waals surface area contributed by atoms with Gasteiger partial charge in [0, 0.05) is 17.0 Å². The molecule has 3 rings (SSSR count). The number of anilines is 1. The first-order valence-electron chi connectivity index (χ1n) is 9.45. The SMILES string of the molecule is NCc1ccc(N(OCC(=O)O)C(=O)COc2cc(C(=O)O)cc3cc(Cl)cc(Cl)c23)cc1. The molecule has 0 fully saturated rings. The molecule has 11 heteroatoms. The number of halogens is 2. The molecule has 0 saturated heterocycles. The standard InChI is InChI=1S/C22H18Cl2N2O7/c23-15-6-13-5-14(22(30)31)7-18(21(13)17(24)8-15)32-10-19(27)26(33-11-20(28)29)16-3-1-12(9-25)2-4-16/h1-8H,9-11,25H2,(H,28,29)(H,30,31). The van der Waals surface area contributed by atoms with Gasteiger partial charge in [0.05, 0.1) is 16.3 Å². The smallest absolute Gasteiger partial charge is 0.335 e. The lowest BCUT2D eigenvalue weighted by atomic mass is 10.1. The van der Waals surface area contributed by atoms with Gasteiger partial charge in [-0.05, 0) is 47.3 Å². The molecule has 3 aromatic carbocycles. The Morgan fingerprint density at radius 3 is 2.27 bits per heavy atom. The van der Waals surface area contributed by atoms with Crippen molar-refractivity contribution < 1.29 is 34.2 Å². The lowest BCUT2D eigenvalue weighted by Gasteiger charge is -2.22. The van der Waals surface area contributed by atoms with Crippen LogP contribution in [0.5, 0.6) is 5.75 Å². The molecule has 3 aromatic rings. The number of carboxylic acid groups (broad SMARTS) is 2. The summed E-state index contributed by atoms with van der Waals surface area (Å²) in [6.07, 6.45) is 0. The van der Waals surface area contributed by atoms with Gasteiger partial charge in [-0.3, -0.25) is 9.63 Å². The molecule has 0 unspecified atom stereocenters. The van der Waals surface area contributed by atoms with E-state index in [1.807, 2.05) is 0 Å². The van der Waals surface area contributed by atoms with Crippen LogP contribution >= 0.6 is 23.2 Å². The molecule has 0 heterocycles. The molecule has 0 aromatic heterocycles. The highest BCUT2D eigenvalue weighted by molar-refractivity contribution is 6.39. The number of aromatic carboxylic acids is 1. The summed E-state index contributed by atoms with van der Waals surface area (Å²) in [6, 6.07) is 12.0. The number of hydrogen-bond donors (Lipinski definition) is 3. The van der Waals surface area contributed by atoms with Crippen molar-refractivity contribution in [3.8, 4) is 5.75 Å². The minimum Gasteiger partial charge on any atom is -0.483 e. The molecule has 172 valence electrons. The van der Waals surface area contributed by atoms with Crippen LogP contribution in [0.3, 0.4) is 0 Å².